The van der Waals surface area contributed by atoms with Crippen molar-refractivity contribution in [3.8, 4) is 0 Å². The molecule has 0 radical (unpaired) electrons. The van der Waals surface area contributed by atoms with E-state index in [-0.39, 0.29) is 10.7 Å². The Balaban J connectivity index is 1.70. The highest BCUT2D eigenvalue weighted by atomic mass is 32.2. The number of carbonyl (C=O) groups excluding carboxylic acids is 1. The maximum absolute atomic E-state index is 12.6. The molecule has 1 fully saturated rings. The molecular formula is C20H18F3NO3S. The zero-order valence-electron chi connectivity index (χ0n) is 14.8. The first-order chi connectivity index (χ1) is 13.2. The Labute approximate surface area is 161 Å². The number of hydrogen-bond donors (Lipinski definition) is 0. The highest BCUT2D eigenvalue weighted by Gasteiger charge is 2.30. The van der Waals surface area contributed by atoms with E-state index in [1.54, 1.807) is 0 Å². The van der Waals surface area contributed by atoms with Gasteiger partial charge in [-0.05, 0) is 60.9 Å². The lowest BCUT2D eigenvalue weighted by Crippen LogP contribution is -2.27. The number of allylic oxidation sites excluding steroid dienone is 1. The van der Waals surface area contributed by atoms with E-state index >= 15 is 0 Å². The third kappa shape index (κ3) is 4.51. The van der Waals surface area contributed by atoms with Crippen molar-refractivity contribution in [2.45, 2.75) is 23.9 Å². The Hall–Kier alpha value is -2.45. The predicted molar refractivity (Wildman–Crippen MR) is 99.2 cm³/mol. The normalized spacial score (nSPS) is 16.0. The van der Waals surface area contributed by atoms with Crippen molar-refractivity contribution in [3.63, 3.8) is 0 Å². The molecule has 28 heavy (non-hydrogen) atoms. The van der Waals surface area contributed by atoms with E-state index in [9.17, 15) is 26.4 Å². The molecule has 1 aliphatic heterocycles. The summed E-state index contributed by atoms with van der Waals surface area (Å²) in [6.45, 7) is 0.998. The Morgan fingerprint density at radius 3 is 2.04 bits per heavy atom. The number of nitrogens with zero attached hydrogens (tertiary/aromatic N) is 1. The minimum Gasteiger partial charge on any atom is -0.289 e. The fourth-order valence-electron chi connectivity index (χ4n) is 2.92. The van der Waals surface area contributed by atoms with E-state index in [0.717, 1.165) is 25.0 Å². The number of rotatable bonds is 5. The monoisotopic (exact) mass is 409 g/mol. The number of sulfonamides is 1. The van der Waals surface area contributed by atoms with Gasteiger partial charge in [-0.25, -0.2) is 8.42 Å². The van der Waals surface area contributed by atoms with Crippen LogP contribution in [0.5, 0.6) is 0 Å². The van der Waals surface area contributed by atoms with Gasteiger partial charge in [-0.3, -0.25) is 4.79 Å². The largest absolute Gasteiger partial charge is 0.416 e. The number of alkyl halides is 3. The SMILES string of the molecule is O=C(/C=C/c1ccc(C(F)(F)F)cc1)c1ccc(S(=O)(=O)N2CCCC2)cc1. The molecule has 2 aromatic rings. The quantitative estimate of drug-likeness (QED) is 0.544. The molecule has 148 valence electrons. The van der Waals surface area contributed by atoms with Gasteiger partial charge in [-0.2, -0.15) is 17.5 Å². The summed E-state index contributed by atoms with van der Waals surface area (Å²) in [6, 6.07) is 10.1. The summed E-state index contributed by atoms with van der Waals surface area (Å²) < 4.78 is 64.0. The van der Waals surface area contributed by atoms with Gasteiger partial charge in [0.15, 0.2) is 5.78 Å². The van der Waals surface area contributed by atoms with E-state index in [2.05, 4.69) is 0 Å². The molecule has 0 spiro atoms. The molecule has 1 heterocycles. The summed E-state index contributed by atoms with van der Waals surface area (Å²) in [5.41, 5.74) is -0.0103. The second-order valence-electron chi connectivity index (χ2n) is 6.45. The molecule has 3 rings (SSSR count). The average molecular weight is 409 g/mol. The second kappa shape index (κ2) is 7.89. The number of carbonyl (C=O) groups is 1. The van der Waals surface area contributed by atoms with Gasteiger partial charge in [0.1, 0.15) is 0 Å². The van der Waals surface area contributed by atoms with E-state index in [1.807, 2.05) is 0 Å². The maximum Gasteiger partial charge on any atom is 0.416 e. The van der Waals surface area contributed by atoms with Crippen LogP contribution in [0.25, 0.3) is 6.08 Å². The van der Waals surface area contributed by atoms with Gasteiger partial charge in [0.25, 0.3) is 0 Å². The topological polar surface area (TPSA) is 54.5 Å². The van der Waals surface area contributed by atoms with Crippen molar-refractivity contribution in [2.75, 3.05) is 13.1 Å². The Morgan fingerprint density at radius 2 is 1.50 bits per heavy atom. The molecule has 2 aromatic carbocycles. The zero-order chi connectivity index (χ0) is 20.4. The van der Waals surface area contributed by atoms with Crippen LogP contribution in [0.1, 0.15) is 34.3 Å². The van der Waals surface area contributed by atoms with Crippen molar-refractivity contribution in [2.24, 2.45) is 0 Å². The summed E-state index contributed by atoms with van der Waals surface area (Å²) in [7, 11) is -3.54. The first-order valence-corrected chi connectivity index (χ1v) is 10.1. The van der Waals surface area contributed by atoms with E-state index in [1.165, 1.54) is 52.9 Å². The summed E-state index contributed by atoms with van der Waals surface area (Å²) in [4.78, 5) is 12.4. The molecule has 4 nitrogen and oxygen atoms in total. The first kappa shape index (κ1) is 20.3. The number of benzene rings is 2. The molecule has 0 saturated carbocycles. The molecular weight excluding hydrogens is 391 g/mol. The lowest BCUT2D eigenvalue weighted by atomic mass is 10.1. The second-order valence-corrected chi connectivity index (χ2v) is 8.39. The molecule has 8 heteroatoms. The molecule has 0 aromatic heterocycles. The summed E-state index contributed by atoms with van der Waals surface area (Å²) in [6.07, 6.45) is -0.0752. The van der Waals surface area contributed by atoms with Gasteiger partial charge in [-0.15, -0.1) is 0 Å². The van der Waals surface area contributed by atoms with Gasteiger partial charge < -0.3 is 0 Å². The highest BCUT2D eigenvalue weighted by Crippen LogP contribution is 2.29. The van der Waals surface area contributed by atoms with Crippen LogP contribution in [0.15, 0.2) is 59.5 Å². The van der Waals surface area contributed by atoms with Crippen LogP contribution in [0, 0.1) is 0 Å². The lowest BCUT2D eigenvalue weighted by molar-refractivity contribution is -0.137. The fourth-order valence-corrected chi connectivity index (χ4v) is 4.44. The van der Waals surface area contributed by atoms with Gasteiger partial charge >= 0.3 is 6.18 Å². The molecule has 0 unspecified atom stereocenters. The van der Waals surface area contributed by atoms with Crippen LogP contribution in [-0.2, 0) is 16.2 Å². The third-order valence-electron chi connectivity index (χ3n) is 4.51. The van der Waals surface area contributed by atoms with Crippen LogP contribution < -0.4 is 0 Å². The van der Waals surface area contributed by atoms with Crippen LogP contribution in [-0.4, -0.2) is 31.6 Å². The average Bonchev–Trinajstić information content (AvgIpc) is 3.21. The van der Waals surface area contributed by atoms with Crippen molar-refractivity contribution in [3.05, 3.63) is 71.3 Å². The summed E-state index contributed by atoms with van der Waals surface area (Å²) in [5, 5.41) is 0. The Kier molecular flexibility index (Phi) is 5.71. The van der Waals surface area contributed by atoms with Gasteiger partial charge in [0.05, 0.1) is 10.5 Å². The van der Waals surface area contributed by atoms with Crippen molar-refractivity contribution < 1.29 is 26.4 Å². The Bertz CT molecular complexity index is 973. The molecule has 0 N–H and O–H groups in total. The summed E-state index contributed by atoms with van der Waals surface area (Å²) >= 11 is 0. The van der Waals surface area contributed by atoms with Crippen LogP contribution >= 0.6 is 0 Å². The molecule has 0 atom stereocenters. The maximum atomic E-state index is 12.6. The van der Waals surface area contributed by atoms with E-state index < -0.39 is 21.8 Å². The van der Waals surface area contributed by atoms with Crippen molar-refractivity contribution in [1.82, 2.24) is 4.31 Å². The van der Waals surface area contributed by atoms with Crippen LogP contribution in [0.4, 0.5) is 13.2 Å². The highest BCUT2D eigenvalue weighted by molar-refractivity contribution is 7.89. The zero-order valence-corrected chi connectivity index (χ0v) is 15.6. The third-order valence-corrected chi connectivity index (χ3v) is 6.42. The molecule has 1 aliphatic rings. The number of ketones is 1. The summed E-state index contributed by atoms with van der Waals surface area (Å²) in [5.74, 6) is -0.370. The van der Waals surface area contributed by atoms with Gasteiger partial charge in [-0.1, -0.05) is 18.2 Å². The predicted octanol–water partition coefficient (Wildman–Crippen LogP) is 4.39. The Morgan fingerprint density at radius 1 is 0.929 bits per heavy atom. The molecule has 0 aliphatic carbocycles. The number of hydrogen-bond acceptors (Lipinski definition) is 3. The smallest absolute Gasteiger partial charge is 0.289 e. The van der Waals surface area contributed by atoms with E-state index in [0.29, 0.717) is 24.2 Å². The fraction of sp³-hybridized carbons (Fsp3) is 0.250. The van der Waals surface area contributed by atoms with E-state index in [4.69, 9.17) is 0 Å². The standard InChI is InChI=1S/C20H18F3NO3S/c21-20(22,23)17-8-3-15(4-9-17)5-12-19(25)16-6-10-18(11-7-16)28(26,27)24-13-1-2-14-24/h3-12H,1-2,13-14H2/b12-5+. The molecule has 0 amide bonds. The minimum absolute atomic E-state index is 0.137. The van der Waals surface area contributed by atoms with Gasteiger partial charge in [0.2, 0.25) is 10.0 Å². The molecule has 0 bridgehead atoms. The number of halogens is 3. The van der Waals surface area contributed by atoms with Gasteiger partial charge in [0, 0.05) is 18.7 Å². The van der Waals surface area contributed by atoms with Crippen LogP contribution in [0.2, 0.25) is 0 Å². The lowest BCUT2D eigenvalue weighted by Gasteiger charge is -2.15. The molecule has 1 saturated heterocycles. The van der Waals surface area contributed by atoms with Crippen molar-refractivity contribution in [1.29, 1.82) is 0 Å². The van der Waals surface area contributed by atoms with Crippen molar-refractivity contribution >= 4 is 21.9 Å². The van der Waals surface area contributed by atoms with Crippen LogP contribution in [0.3, 0.4) is 0 Å². The minimum atomic E-state index is -4.41. The first-order valence-electron chi connectivity index (χ1n) is 8.68.